The Morgan fingerprint density at radius 2 is 1.70 bits per heavy atom. The second kappa shape index (κ2) is 9.04. The van der Waals surface area contributed by atoms with Crippen LogP contribution in [0.3, 0.4) is 0 Å². The Labute approximate surface area is 192 Å². The largest absolute Gasteiger partial charge is 0.493 e. The quantitative estimate of drug-likeness (QED) is 0.344. The van der Waals surface area contributed by atoms with Gasteiger partial charge in [-0.15, -0.1) is 0 Å². The van der Waals surface area contributed by atoms with Crippen molar-refractivity contribution >= 4 is 22.4 Å². The Kier molecular flexibility index (Phi) is 5.64. The minimum Gasteiger partial charge on any atom is -0.493 e. The van der Waals surface area contributed by atoms with E-state index < -0.39 is 0 Å². The van der Waals surface area contributed by atoms with Crippen molar-refractivity contribution in [2.24, 2.45) is 0 Å². The molecule has 0 aliphatic rings. The van der Waals surface area contributed by atoms with Gasteiger partial charge in [0.2, 0.25) is 0 Å². The molecule has 0 fully saturated rings. The van der Waals surface area contributed by atoms with Crippen molar-refractivity contribution in [2.45, 2.75) is 6.54 Å². The van der Waals surface area contributed by atoms with Crippen LogP contribution in [0.1, 0.15) is 5.56 Å². The first-order valence-electron chi connectivity index (χ1n) is 10.7. The van der Waals surface area contributed by atoms with Gasteiger partial charge in [0.25, 0.3) is 0 Å². The fraction of sp³-hybridized carbons (Fsp3) is 0.111. The molecule has 0 unspecified atom stereocenters. The number of nitrogens with one attached hydrogen (secondary N) is 1. The molecular weight excluding hydrogens is 412 g/mol. The summed E-state index contributed by atoms with van der Waals surface area (Å²) in [4.78, 5) is 8.96. The smallest absolute Gasteiger partial charge is 0.162 e. The Bertz CT molecular complexity index is 1380. The Morgan fingerprint density at radius 1 is 0.848 bits per heavy atom. The number of ether oxygens (including phenoxy) is 2. The topological polar surface area (TPSA) is 61.2 Å². The number of pyridine rings is 2. The normalized spacial score (nSPS) is 10.8. The Morgan fingerprint density at radius 3 is 2.45 bits per heavy atom. The molecule has 2 aromatic carbocycles. The van der Waals surface area contributed by atoms with Gasteiger partial charge in [-0.25, -0.2) is 4.98 Å². The molecule has 0 spiro atoms. The molecule has 1 N–H and O–H groups in total. The average molecular weight is 437 g/mol. The lowest BCUT2D eigenvalue weighted by atomic mass is 10.2. The molecule has 5 aromatic rings. The highest BCUT2D eigenvalue weighted by atomic mass is 16.5. The van der Waals surface area contributed by atoms with E-state index >= 15 is 0 Å². The monoisotopic (exact) mass is 436 g/mol. The molecule has 164 valence electrons. The first-order valence-corrected chi connectivity index (χ1v) is 10.7. The zero-order valence-corrected chi connectivity index (χ0v) is 18.5. The van der Waals surface area contributed by atoms with Crippen LogP contribution in [0.5, 0.6) is 11.5 Å². The number of anilines is 2. The van der Waals surface area contributed by atoms with Crippen LogP contribution in [0, 0.1) is 0 Å². The van der Waals surface area contributed by atoms with Crippen molar-refractivity contribution in [1.29, 1.82) is 0 Å². The molecule has 0 saturated heterocycles. The molecule has 0 aliphatic carbocycles. The molecule has 0 saturated carbocycles. The third kappa shape index (κ3) is 4.23. The van der Waals surface area contributed by atoms with Crippen LogP contribution < -0.4 is 14.8 Å². The highest BCUT2D eigenvalue weighted by Gasteiger charge is 2.13. The number of methoxy groups -OCH3 is 2. The Balaban J connectivity index is 1.57. The molecule has 3 heterocycles. The van der Waals surface area contributed by atoms with Gasteiger partial charge in [-0.05, 0) is 35.9 Å². The van der Waals surface area contributed by atoms with Crippen LogP contribution in [0.2, 0.25) is 0 Å². The van der Waals surface area contributed by atoms with Crippen molar-refractivity contribution in [2.75, 3.05) is 19.5 Å². The lowest BCUT2D eigenvalue weighted by Gasteiger charge is -2.13. The fourth-order valence-electron chi connectivity index (χ4n) is 3.98. The molecule has 0 aliphatic heterocycles. The fourth-order valence-corrected chi connectivity index (χ4v) is 3.98. The van der Waals surface area contributed by atoms with E-state index in [1.54, 1.807) is 20.4 Å². The SMILES string of the molecule is COc1ccc(Nc2cc3c(cn2)cc(-c2cccnc2)n3Cc2ccccc2)cc1OC. The zero-order valence-electron chi connectivity index (χ0n) is 18.5. The van der Waals surface area contributed by atoms with Gasteiger partial charge in [0.1, 0.15) is 5.82 Å². The van der Waals surface area contributed by atoms with Crippen LogP contribution in [0.15, 0.2) is 91.4 Å². The van der Waals surface area contributed by atoms with Gasteiger partial charge >= 0.3 is 0 Å². The zero-order chi connectivity index (χ0) is 22.6. The second-order valence-electron chi connectivity index (χ2n) is 7.67. The lowest BCUT2D eigenvalue weighted by Crippen LogP contribution is -2.02. The number of nitrogens with zero attached hydrogens (tertiary/aromatic N) is 3. The average Bonchev–Trinajstić information content (AvgIpc) is 3.22. The summed E-state index contributed by atoms with van der Waals surface area (Å²) in [6.07, 6.45) is 5.59. The summed E-state index contributed by atoms with van der Waals surface area (Å²) >= 11 is 0. The van der Waals surface area contributed by atoms with Crippen LogP contribution in [-0.4, -0.2) is 28.8 Å². The predicted molar refractivity (Wildman–Crippen MR) is 131 cm³/mol. The van der Waals surface area contributed by atoms with E-state index in [4.69, 9.17) is 9.47 Å². The van der Waals surface area contributed by atoms with Crippen LogP contribution >= 0.6 is 0 Å². The van der Waals surface area contributed by atoms with Crippen molar-refractivity contribution in [1.82, 2.24) is 14.5 Å². The van der Waals surface area contributed by atoms with Crippen LogP contribution in [0.4, 0.5) is 11.5 Å². The van der Waals surface area contributed by atoms with Gasteiger partial charge in [-0.3, -0.25) is 4.98 Å². The maximum atomic E-state index is 5.43. The van der Waals surface area contributed by atoms with Crippen LogP contribution in [0.25, 0.3) is 22.2 Å². The van der Waals surface area contributed by atoms with E-state index in [-0.39, 0.29) is 0 Å². The number of hydrogen-bond acceptors (Lipinski definition) is 5. The Hall–Kier alpha value is -4.32. The van der Waals surface area contributed by atoms with E-state index in [1.807, 2.05) is 42.7 Å². The summed E-state index contributed by atoms with van der Waals surface area (Å²) in [6, 6.07) is 24.5. The maximum Gasteiger partial charge on any atom is 0.162 e. The van der Waals surface area contributed by atoms with Gasteiger partial charge in [0.15, 0.2) is 11.5 Å². The summed E-state index contributed by atoms with van der Waals surface area (Å²) in [7, 11) is 3.25. The minimum atomic E-state index is 0.662. The highest BCUT2D eigenvalue weighted by molar-refractivity contribution is 5.88. The highest BCUT2D eigenvalue weighted by Crippen LogP contribution is 2.33. The van der Waals surface area contributed by atoms with Gasteiger partial charge in [0.05, 0.1) is 25.4 Å². The standard InChI is InChI=1S/C27H24N4O2/c1-32-25-11-10-22(14-26(25)33-2)30-27-15-24-21(17-29-27)13-23(20-9-6-12-28-16-20)31(24)18-19-7-4-3-5-8-19/h3-17H,18H2,1-2H3,(H,29,30). The first kappa shape index (κ1) is 20.6. The molecule has 0 atom stereocenters. The van der Waals surface area contributed by atoms with Crippen LogP contribution in [-0.2, 0) is 6.54 Å². The van der Waals surface area contributed by atoms with Gasteiger partial charge in [-0.1, -0.05) is 30.3 Å². The molecule has 3 aromatic heterocycles. The van der Waals surface area contributed by atoms with E-state index in [2.05, 4.69) is 62.3 Å². The van der Waals surface area contributed by atoms with E-state index in [0.29, 0.717) is 11.5 Å². The van der Waals surface area contributed by atoms with Gasteiger partial charge < -0.3 is 19.4 Å². The molecule has 6 heteroatoms. The molecule has 0 radical (unpaired) electrons. The number of benzene rings is 2. The molecule has 0 bridgehead atoms. The summed E-state index contributed by atoms with van der Waals surface area (Å²) < 4.78 is 13.1. The molecule has 5 rings (SSSR count). The summed E-state index contributed by atoms with van der Waals surface area (Å²) in [5.41, 5.74) is 5.36. The molecule has 0 amide bonds. The lowest BCUT2D eigenvalue weighted by molar-refractivity contribution is 0.355. The van der Waals surface area contributed by atoms with E-state index in [9.17, 15) is 0 Å². The number of fused-ring (bicyclic) bond motifs is 1. The number of hydrogen-bond donors (Lipinski definition) is 1. The first-order chi connectivity index (χ1) is 16.2. The summed E-state index contributed by atoms with van der Waals surface area (Å²) in [5.74, 6) is 2.10. The third-order valence-corrected chi connectivity index (χ3v) is 5.58. The van der Waals surface area contributed by atoms with Crippen molar-refractivity contribution in [3.63, 3.8) is 0 Å². The third-order valence-electron chi connectivity index (χ3n) is 5.58. The van der Waals surface area contributed by atoms with Crippen molar-refractivity contribution in [3.05, 3.63) is 97.0 Å². The summed E-state index contributed by atoms with van der Waals surface area (Å²) in [6.45, 7) is 0.744. The van der Waals surface area contributed by atoms with Gasteiger partial charge in [0, 0.05) is 53.9 Å². The molecule has 33 heavy (non-hydrogen) atoms. The summed E-state index contributed by atoms with van der Waals surface area (Å²) in [5, 5.41) is 4.46. The number of rotatable bonds is 7. The van der Waals surface area contributed by atoms with E-state index in [1.165, 1.54) is 5.56 Å². The second-order valence-corrected chi connectivity index (χ2v) is 7.67. The predicted octanol–water partition coefficient (Wildman–Crippen LogP) is 5.91. The maximum absolute atomic E-state index is 5.43. The van der Waals surface area contributed by atoms with Gasteiger partial charge in [-0.2, -0.15) is 0 Å². The van der Waals surface area contributed by atoms with Crippen molar-refractivity contribution < 1.29 is 9.47 Å². The molecule has 6 nitrogen and oxygen atoms in total. The number of aromatic nitrogens is 3. The molecular formula is C27H24N4O2. The van der Waals surface area contributed by atoms with E-state index in [0.717, 1.165) is 40.2 Å². The minimum absolute atomic E-state index is 0.662. The van der Waals surface area contributed by atoms with Crippen molar-refractivity contribution in [3.8, 4) is 22.8 Å².